The van der Waals surface area contributed by atoms with E-state index in [0.717, 1.165) is 10.6 Å². The van der Waals surface area contributed by atoms with Crippen LogP contribution in [-0.4, -0.2) is 24.2 Å². The summed E-state index contributed by atoms with van der Waals surface area (Å²) in [5.74, 6) is 0.749. The number of para-hydroxylation sites is 2. The molecule has 2 aromatic carbocycles. The van der Waals surface area contributed by atoms with Crippen LogP contribution in [0.1, 0.15) is 13.8 Å². The van der Waals surface area contributed by atoms with Crippen LogP contribution in [0, 0.1) is 0 Å². The van der Waals surface area contributed by atoms with Crippen molar-refractivity contribution in [3.63, 3.8) is 0 Å². The van der Waals surface area contributed by atoms with E-state index in [0.29, 0.717) is 23.8 Å². The van der Waals surface area contributed by atoms with E-state index in [-0.39, 0.29) is 11.8 Å². The molecule has 24 heavy (non-hydrogen) atoms. The molecule has 0 aliphatic carbocycles. The van der Waals surface area contributed by atoms with Gasteiger partial charge in [-0.05, 0) is 43.3 Å². The van der Waals surface area contributed by atoms with Gasteiger partial charge in [-0.1, -0.05) is 12.1 Å². The fourth-order valence-corrected chi connectivity index (χ4v) is 2.72. The molecule has 0 saturated heterocycles. The Bertz CT molecular complexity index is 702. The van der Waals surface area contributed by atoms with E-state index in [4.69, 9.17) is 4.74 Å². The van der Waals surface area contributed by atoms with Crippen molar-refractivity contribution in [2.45, 2.75) is 18.7 Å². The Balaban J connectivity index is 1.88. The van der Waals surface area contributed by atoms with Gasteiger partial charge in [0.2, 0.25) is 11.8 Å². The highest BCUT2D eigenvalue weighted by Crippen LogP contribution is 2.25. The molecule has 0 aliphatic rings. The van der Waals surface area contributed by atoms with E-state index in [1.165, 1.54) is 18.7 Å². The van der Waals surface area contributed by atoms with Gasteiger partial charge in [-0.25, -0.2) is 0 Å². The molecule has 2 rings (SSSR count). The third-order valence-corrected chi connectivity index (χ3v) is 4.02. The third kappa shape index (κ3) is 5.62. The summed E-state index contributed by atoms with van der Waals surface area (Å²) in [4.78, 5) is 24.0. The average molecular weight is 344 g/mol. The normalized spacial score (nSPS) is 10.1. The third-order valence-electron chi connectivity index (χ3n) is 3.01. The summed E-state index contributed by atoms with van der Waals surface area (Å²) in [5.41, 5.74) is 1.41. The van der Waals surface area contributed by atoms with Gasteiger partial charge in [-0.3, -0.25) is 9.59 Å². The number of carbonyl (C=O) groups excluding carboxylic acids is 2. The molecule has 0 unspecified atom stereocenters. The maximum absolute atomic E-state index is 12.1. The second-order valence-corrected chi connectivity index (χ2v) is 6.02. The van der Waals surface area contributed by atoms with Gasteiger partial charge in [0, 0.05) is 17.5 Å². The molecule has 0 fully saturated rings. The van der Waals surface area contributed by atoms with Gasteiger partial charge in [-0.15, -0.1) is 11.8 Å². The largest absolute Gasteiger partial charge is 0.492 e. The minimum absolute atomic E-state index is 0.0990. The number of benzene rings is 2. The predicted octanol–water partition coefficient (Wildman–Crippen LogP) is 3.77. The molecule has 0 radical (unpaired) electrons. The van der Waals surface area contributed by atoms with Crippen LogP contribution in [0.3, 0.4) is 0 Å². The highest BCUT2D eigenvalue weighted by atomic mass is 32.2. The number of hydrogen-bond acceptors (Lipinski definition) is 4. The smallest absolute Gasteiger partial charge is 0.234 e. The molecule has 0 heterocycles. The Morgan fingerprint density at radius 3 is 2.42 bits per heavy atom. The van der Waals surface area contributed by atoms with E-state index in [9.17, 15) is 9.59 Å². The van der Waals surface area contributed by atoms with Gasteiger partial charge in [0.15, 0.2) is 0 Å². The molecule has 6 heteroatoms. The van der Waals surface area contributed by atoms with Crippen LogP contribution in [0.15, 0.2) is 53.4 Å². The number of ether oxygens (including phenoxy) is 1. The van der Waals surface area contributed by atoms with Crippen LogP contribution >= 0.6 is 11.8 Å². The first kappa shape index (κ1) is 17.9. The summed E-state index contributed by atoms with van der Waals surface area (Å²) in [6, 6.07) is 14.7. The summed E-state index contributed by atoms with van der Waals surface area (Å²) in [6.07, 6.45) is 0. The molecule has 2 N–H and O–H groups in total. The van der Waals surface area contributed by atoms with E-state index in [2.05, 4.69) is 10.6 Å². The molecule has 0 bridgehead atoms. The van der Waals surface area contributed by atoms with Crippen molar-refractivity contribution in [3.05, 3.63) is 48.5 Å². The van der Waals surface area contributed by atoms with Gasteiger partial charge in [0.05, 0.1) is 18.0 Å². The van der Waals surface area contributed by atoms with Gasteiger partial charge in [0.1, 0.15) is 5.75 Å². The maximum atomic E-state index is 12.1. The van der Waals surface area contributed by atoms with E-state index >= 15 is 0 Å². The lowest BCUT2D eigenvalue weighted by Crippen LogP contribution is -2.14. The quantitative estimate of drug-likeness (QED) is 0.750. The van der Waals surface area contributed by atoms with Crippen LogP contribution in [0.25, 0.3) is 0 Å². The Labute approximate surface area is 145 Å². The summed E-state index contributed by atoms with van der Waals surface area (Å²) in [6.45, 7) is 3.91. The van der Waals surface area contributed by atoms with Crippen LogP contribution in [0.2, 0.25) is 0 Å². The average Bonchev–Trinajstić information content (AvgIpc) is 2.56. The molecule has 2 aromatic rings. The zero-order valence-corrected chi connectivity index (χ0v) is 14.5. The van der Waals surface area contributed by atoms with Crippen molar-refractivity contribution in [3.8, 4) is 5.75 Å². The lowest BCUT2D eigenvalue weighted by atomic mass is 10.3. The first-order valence-corrected chi connectivity index (χ1v) is 8.59. The standard InChI is InChI=1S/C18H20N2O3S/c1-3-23-17-7-5-4-6-16(17)20-18(22)12-24-15-10-8-14(9-11-15)19-13(2)21/h4-11H,3,12H2,1-2H3,(H,19,21)(H,20,22). The number of anilines is 2. The van der Waals surface area contributed by atoms with Crippen molar-refractivity contribution in [1.29, 1.82) is 0 Å². The molecule has 2 amide bonds. The predicted molar refractivity (Wildman–Crippen MR) is 97.7 cm³/mol. The molecule has 0 saturated carbocycles. The van der Waals surface area contributed by atoms with Crippen molar-refractivity contribution in [2.24, 2.45) is 0 Å². The molecular formula is C18H20N2O3S. The Kier molecular flexibility index (Phi) is 6.69. The van der Waals surface area contributed by atoms with Crippen molar-refractivity contribution in [1.82, 2.24) is 0 Å². The number of thioether (sulfide) groups is 1. The number of nitrogens with one attached hydrogen (secondary N) is 2. The lowest BCUT2D eigenvalue weighted by molar-refractivity contribution is -0.114. The van der Waals surface area contributed by atoms with Gasteiger partial charge < -0.3 is 15.4 Å². The number of hydrogen-bond donors (Lipinski definition) is 2. The van der Waals surface area contributed by atoms with E-state index in [1.54, 1.807) is 0 Å². The molecular weight excluding hydrogens is 324 g/mol. The van der Waals surface area contributed by atoms with Gasteiger partial charge in [0.25, 0.3) is 0 Å². The fraction of sp³-hybridized carbons (Fsp3) is 0.222. The fourth-order valence-electron chi connectivity index (χ4n) is 2.02. The van der Waals surface area contributed by atoms with E-state index < -0.39 is 0 Å². The molecule has 5 nitrogen and oxygen atoms in total. The number of rotatable bonds is 7. The first-order valence-electron chi connectivity index (χ1n) is 7.60. The SMILES string of the molecule is CCOc1ccccc1NC(=O)CSc1ccc(NC(C)=O)cc1. The Morgan fingerprint density at radius 2 is 1.75 bits per heavy atom. The molecule has 126 valence electrons. The van der Waals surface area contributed by atoms with E-state index in [1.807, 2.05) is 55.5 Å². The Hall–Kier alpha value is -2.47. The minimum Gasteiger partial charge on any atom is -0.492 e. The van der Waals surface area contributed by atoms with Crippen LogP contribution < -0.4 is 15.4 Å². The highest BCUT2D eigenvalue weighted by Gasteiger charge is 2.08. The minimum atomic E-state index is -0.109. The summed E-state index contributed by atoms with van der Waals surface area (Å²) >= 11 is 1.43. The summed E-state index contributed by atoms with van der Waals surface area (Å²) < 4.78 is 5.49. The van der Waals surface area contributed by atoms with Crippen LogP contribution in [0.5, 0.6) is 5.75 Å². The van der Waals surface area contributed by atoms with Crippen molar-refractivity contribution < 1.29 is 14.3 Å². The topological polar surface area (TPSA) is 67.4 Å². The van der Waals surface area contributed by atoms with Gasteiger partial charge in [-0.2, -0.15) is 0 Å². The number of amides is 2. The maximum Gasteiger partial charge on any atom is 0.234 e. The second-order valence-electron chi connectivity index (χ2n) is 4.97. The summed E-state index contributed by atoms with van der Waals surface area (Å²) in [5, 5.41) is 5.57. The second kappa shape index (κ2) is 8.98. The van der Waals surface area contributed by atoms with Crippen molar-refractivity contribution in [2.75, 3.05) is 23.0 Å². The molecule has 0 spiro atoms. The molecule has 0 aromatic heterocycles. The van der Waals surface area contributed by atoms with Gasteiger partial charge >= 0.3 is 0 Å². The monoisotopic (exact) mass is 344 g/mol. The lowest BCUT2D eigenvalue weighted by Gasteiger charge is -2.11. The Morgan fingerprint density at radius 1 is 1.04 bits per heavy atom. The summed E-state index contributed by atoms with van der Waals surface area (Å²) in [7, 11) is 0. The zero-order chi connectivity index (χ0) is 17.4. The van der Waals surface area contributed by atoms with Crippen LogP contribution in [-0.2, 0) is 9.59 Å². The van der Waals surface area contributed by atoms with Crippen LogP contribution in [0.4, 0.5) is 11.4 Å². The zero-order valence-electron chi connectivity index (χ0n) is 13.7. The number of carbonyl (C=O) groups is 2. The molecule has 0 aliphatic heterocycles. The highest BCUT2D eigenvalue weighted by molar-refractivity contribution is 8.00. The first-order chi connectivity index (χ1) is 11.6. The molecule has 0 atom stereocenters. The van der Waals surface area contributed by atoms with Crippen molar-refractivity contribution >= 4 is 35.0 Å².